The average Bonchev–Trinajstić information content (AvgIpc) is 3.15. The number of allylic oxidation sites excluding steroid dienone is 2. The molecular weight excluding hydrogens is 406 g/mol. The number of ether oxygens (including phenoxy) is 1. The summed E-state index contributed by atoms with van der Waals surface area (Å²) >= 11 is 6.00. The second-order valence-corrected chi connectivity index (χ2v) is 7.63. The lowest BCUT2D eigenvalue weighted by Crippen LogP contribution is -1.97. The summed E-state index contributed by atoms with van der Waals surface area (Å²) in [5.74, 6) is 0.726. The van der Waals surface area contributed by atoms with Crippen molar-refractivity contribution in [2.24, 2.45) is 0 Å². The Kier molecular flexibility index (Phi) is 6.34. The number of methoxy groups -OCH3 is 1. The highest BCUT2D eigenvalue weighted by Gasteiger charge is 2.07. The SMILES string of the molecule is COc1ccc(/C=C/C(=O)/C=C/c2cn(Cc3ccc(Cl)cc3)c3ccccc23)cc1. The van der Waals surface area contributed by atoms with E-state index in [1.165, 1.54) is 5.56 Å². The number of halogens is 1. The number of fused-ring (bicyclic) bond motifs is 1. The molecule has 0 saturated carbocycles. The lowest BCUT2D eigenvalue weighted by atomic mass is 10.1. The van der Waals surface area contributed by atoms with Crippen LogP contribution in [0.3, 0.4) is 0 Å². The Balaban J connectivity index is 1.53. The van der Waals surface area contributed by atoms with E-state index in [0.29, 0.717) is 0 Å². The van der Waals surface area contributed by atoms with Crippen LogP contribution in [0, 0.1) is 0 Å². The Hall–Kier alpha value is -3.56. The van der Waals surface area contributed by atoms with Gasteiger partial charge in [0.2, 0.25) is 0 Å². The first-order chi connectivity index (χ1) is 15.1. The summed E-state index contributed by atoms with van der Waals surface area (Å²) in [6.07, 6.45) is 8.94. The second kappa shape index (κ2) is 9.50. The molecule has 0 atom stereocenters. The fourth-order valence-corrected chi connectivity index (χ4v) is 3.57. The van der Waals surface area contributed by atoms with Crippen molar-refractivity contribution in [2.75, 3.05) is 7.11 Å². The number of hydrogen-bond donors (Lipinski definition) is 0. The quantitative estimate of drug-likeness (QED) is 0.309. The van der Waals surface area contributed by atoms with Crippen LogP contribution in [0.25, 0.3) is 23.1 Å². The molecule has 31 heavy (non-hydrogen) atoms. The van der Waals surface area contributed by atoms with Gasteiger partial charge >= 0.3 is 0 Å². The van der Waals surface area contributed by atoms with Gasteiger partial charge in [-0.25, -0.2) is 0 Å². The van der Waals surface area contributed by atoms with Crippen LogP contribution >= 0.6 is 11.6 Å². The maximum absolute atomic E-state index is 12.4. The summed E-state index contributed by atoms with van der Waals surface area (Å²) < 4.78 is 7.34. The summed E-state index contributed by atoms with van der Waals surface area (Å²) in [5, 5.41) is 1.84. The van der Waals surface area contributed by atoms with Gasteiger partial charge < -0.3 is 9.30 Å². The fourth-order valence-electron chi connectivity index (χ4n) is 3.45. The molecule has 4 heteroatoms. The highest BCUT2D eigenvalue weighted by Crippen LogP contribution is 2.24. The highest BCUT2D eigenvalue weighted by atomic mass is 35.5. The third-order valence-electron chi connectivity index (χ3n) is 5.07. The van der Waals surface area contributed by atoms with Crippen molar-refractivity contribution in [1.82, 2.24) is 4.57 Å². The highest BCUT2D eigenvalue weighted by molar-refractivity contribution is 6.30. The van der Waals surface area contributed by atoms with Crippen molar-refractivity contribution in [1.29, 1.82) is 0 Å². The zero-order valence-electron chi connectivity index (χ0n) is 17.2. The maximum Gasteiger partial charge on any atom is 0.178 e. The minimum atomic E-state index is -0.0645. The topological polar surface area (TPSA) is 31.2 Å². The van der Waals surface area contributed by atoms with Gasteiger partial charge in [-0.2, -0.15) is 0 Å². The Morgan fingerprint density at radius 1 is 0.935 bits per heavy atom. The van der Waals surface area contributed by atoms with E-state index in [1.54, 1.807) is 25.3 Å². The van der Waals surface area contributed by atoms with Crippen molar-refractivity contribution in [2.45, 2.75) is 6.54 Å². The van der Waals surface area contributed by atoms with Gasteiger partial charge in [-0.1, -0.05) is 60.1 Å². The smallest absolute Gasteiger partial charge is 0.178 e. The van der Waals surface area contributed by atoms with Gasteiger partial charge in [0.05, 0.1) is 7.11 Å². The molecule has 0 amide bonds. The van der Waals surface area contributed by atoms with Gasteiger partial charge in [-0.05, 0) is 59.7 Å². The first-order valence-electron chi connectivity index (χ1n) is 9.99. The van der Waals surface area contributed by atoms with Crippen molar-refractivity contribution in [3.05, 3.63) is 113 Å². The summed E-state index contributed by atoms with van der Waals surface area (Å²) in [5.41, 5.74) is 4.25. The normalized spacial score (nSPS) is 11.5. The van der Waals surface area contributed by atoms with E-state index in [0.717, 1.165) is 39.3 Å². The average molecular weight is 428 g/mol. The zero-order valence-corrected chi connectivity index (χ0v) is 17.9. The fraction of sp³-hybridized carbons (Fsp3) is 0.0741. The van der Waals surface area contributed by atoms with Crippen molar-refractivity contribution < 1.29 is 9.53 Å². The third kappa shape index (κ3) is 5.14. The van der Waals surface area contributed by atoms with E-state index in [1.807, 2.05) is 66.7 Å². The molecule has 0 aliphatic rings. The van der Waals surface area contributed by atoms with Gasteiger partial charge in [0.15, 0.2) is 5.78 Å². The molecule has 0 bridgehead atoms. The minimum absolute atomic E-state index is 0.0645. The van der Waals surface area contributed by atoms with Crippen LogP contribution < -0.4 is 4.74 Å². The predicted molar refractivity (Wildman–Crippen MR) is 129 cm³/mol. The first kappa shape index (κ1) is 20.7. The van der Waals surface area contributed by atoms with E-state index in [9.17, 15) is 4.79 Å². The number of para-hydroxylation sites is 1. The molecule has 0 spiro atoms. The number of carbonyl (C=O) groups is 1. The van der Waals surface area contributed by atoms with E-state index < -0.39 is 0 Å². The van der Waals surface area contributed by atoms with Gasteiger partial charge in [-0.15, -0.1) is 0 Å². The van der Waals surface area contributed by atoms with Crippen LogP contribution in [-0.4, -0.2) is 17.5 Å². The molecule has 0 aliphatic carbocycles. The second-order valence-electron chi connectivity index (χ2n) is 7.20. The summed E-state index contributed by atoms with van der Waals surface area (Å²) in [6.45, 7) is 0.733. The molecule has 0 aliphatic heterocycles. The molecule has 1 aromatic heterocycles. The molecule has 4 rings (SSSR count). The minimum Gasteiger partial charge on any atom is -0.497 e. The Morgan fingerprint density at radius 3 is 2.39 bits per heavy atom. The summed E-state index contributed by atoms with van der Waals surface area (Å²) in [4.78, 5) is 12.4. The van der Waals surface area contributed by atoms with Gasteiger partial charge in [-0.3, -0.25) is 4.79 Å². The third-order valence-corrected chi connectivity index (χ3v) is 5.32. The molecule has 154 valence electrons. The predicted octanol–water partition coefficient (Wildman–Crippen LogP) is 6.65. The lowest BCUT2D eigenvalue weighted by molar-refractivity contribution is -0.110. The molecule has 0 N–H and O–H groups in total. The molecule has 1 heterocycles. The van der Waals surface area contributed by atoms with Crippen molar-refractivity contribution in [3.63, 3.8) is 0 Å². The van der Waals surface area contributed by atoms with Crippen LogP contribution in [0.4, 0.5) is 0 Å². The summed E-state index contributed by atoms with van der Waals surface area (Å²) in [7, 11) is 1.63. The molecule has 0 saturated heterocycles. The lowest BCUT2D eigenvalue weighted by Gasteiger charge is -2.05. The largest absolute Gasteiger partial charge is 0.497 e. The number of benzene rings is 3. The molecule has 4 aromatic rings. The number of ketones is 1. The van der Waals surface area contributed by atoms with E-state index >= 15 is 0 Å². The zero-order chi connectivity index (χ0) is 21.6. The Bertz CT molecular complexity index is 1250. The van der Waals surface area contributed by atoms with Gasteiger partial charge in [0, 0.05) is 34.2 Å². The summed E-state index contributed by atoms with van der Waals surface area (Å²) in [6, 6.07) is 23.6. The monoisotopic (exact) mass is 427 g/mol. The van der Waals surface area contributed by atoms with Gasteiger partial charge in [0.1, 0.15) is 5.75 Å². The van der Waals surface area contributed by atoms with Crippen LogP contribution in [0.5, 0.6) is 5.75 Å². The molecule has 0 unspecified atom stereocenters. The number of aromatic nitrogens is 1. The standard InChI is InChI=1S/C27H22ClNO2/c1-31-25-16-9-20(10-17-25)8-14-24(30)15-11-22-19-29(27-5-3-2-4-26(22)27)18-21-6-12-23(28)13-7-21/h2-17,19H,18H2,1H3/b14-8+,15-11+. The van der Waals surface area contributed by atoms with Crippen LogP contribution in [0.1, 0.15) is 16.7 Å². The molecule has 3 nitrogen and oxygen atoms in total. The molecule has 3 aromatic carbocycles. The van der Waals surface area contributed by atoms with Crippen molar-refractivity contribution in [3.8, 4) is 5.75 Å². The van der Waals surface area contributed by atoms with Gasteiger partial charge in [0.25, 0.3) is 0 Å². The molecule has 0 fully saturated rings. The van der Waals surface area contributed by atoms with Crippen LogP contribution in [0.2, 0.25) is 5.02 Å². The van der Waals surface area contributed by atoms with E-state index in [4.69, 9.17) is 16.3 Å². The van der Waals surface area contributed by atoms with E-state index in [2.05, 4.69) is 22.9 Å². The number of carbonyl (C=O) groups excluding carboxylic acids is 1. The molecule has 0 radical (unpaired) electrons. The molecular formula is C27H22ClNO2. The van der Waals surface area contributed by atoms with Crippen LogP contribution in [-0.2, 0) is 11.3 Å². The van der Waals surface area contributed by atoms with E-state index in [-0.39, 0.29) is 5.78 Å². The Labute approximate surface area is 186 Å². The first-order valence-corrected chi connectivity index (χ1v) is 10.4. The maximum atomic E-state index is 12.4. The number of hydrogen-bond acceptors (Lipinski definition) is 2. The van der Waals surface area contributed by atoms with Crippen LogP contribution in [0.15, 0.2) is 91.1 Å². The number of rotatable bonds is 7. The Morgan fingerprint density at radius 2 is 1.65 bits per heavy atom. The number of nitrogens with zero attached hydrogens (tertiary/aromatic N) is 1. The van der Waals surface area contributed by atoms with Crippen molar-refractivity contribution >= 4 is 40.4 Å².